The van der Waals surface area contributed by atoms with Gasteiger partial charge in [-0.15, -0.1) is 0 Å². The Morgan fingerprint density at radius 1 is 1.08 bits per heavy atom. The highest BCUT2D eigenvalue weighted by molar-refractivity contribution is 5.75. The van der Waals surface area contributed by atoms with Gasteiger partial charge in [0.15, 0.2) is 0 Å². The van der Waals surface area contributed by atoms with Gasteiger partial charge in [-0.05, 0) is 49.6 Å². The number of methoxy groups -OCH3 is 1. The van der Waals surface area contributed by atoms with Gasteiger partial charge in [0, 0.05) is 25.2 Å². The van der Waals surface area contributed by atoms with Crippen LogP contribution in [0.5, 0.6) is 5.75 Å². The van der Waals surface area contributed by atoms with Gasteiger partial charge in [-0.2, -0.15) is 0 Å². The molecular weight excluding hydrogens is 326 g/mol. The fourth-order valence-electron chi connectivity index (χ4n) is 4.06. The molecule has 2 aromatic carbocycles. The van der Waals surface area contributed by atoms with Gasteiger partial charge in [-0.1, -0.05) is 24.3 Å². The molecule has 26 heavy (non-hydrogen) atoms. The normalized spacial score (nSPS) is 17.5. The first-order chi connectivity index (χ1) is 12.7. The zero-order valence-corrected chi connectivity index (χ0v) is 15.3. The molecule has 136 valence electrons. The SMILES string of the molecule is COc1ccc(C(C)N2CCC(n3c(=O)[nH]c4ccccc43)CC2)cc1. The van der Waals surface area contributed by atoms with Crippen molar-refractivity contribution in [3.8, 4) is 5.75 Å². The quantitative estimate of drug-likeness (QED) is 0.779. The number of hydrogen-bond acceptors (Lipinski definition) is 3. The number of rotatable bonds is 4. The van der Waals surface area contributed by atoms with Gasteiger partial charge >= 0.3 is 5.69 Å². The second-order valence-corrected chi connectivity index (χ2v) is 7.03. The summed E-state index contributed by atoms with van der Waals surface area (Å²) in [6.45, 7) is 4.23. The Hall–Kier alpha value is -2.53. The zero-order valence-electron chi connectivity index (χ0n) is 15.3. The minimum atomic E-state index is 0.00727. The molecule has 2 heterocycles. The maximum Gasteiger partial charge on any atom is 0.326 e. The number of ether oxygens (including phenoxy) is 1. The van der Waals surface area contributed by atoms with E-state index in [1.54, 1.807) is 7.11 Å². The van der Waals surface area contributed by atoms with Crippen LogP contribution in [0.15, 0.2) is 53.3 Å². The molecule has 3 aromatic rings. The van der Waals surface area contributed by atoms with Crippen molar-refractivity contribution in [2.75, 3.05) is 20.2 Å². The van der Waals surface area contributed by atoms with Crippen molar-refractivity contribution in [2.45, 2.75) is 31.8 Å². The summed E-state index contributed by atoms with van der Waals surface area (Å²) >= 11 is 0. The molecule has 1 unspecified atom stereocenters. The predicted octanol–water partition coefficient (Wildman–Crippen LogP) is 3.74. The van der Waals surface area contributed by atoms with E-state index >= 15 is 0 Å². The molecule has 1 fully saturated rings. The largest absolute Gasteiger partial charge is 0.497 e. The van der Waals surface area contributed by atoms with E-state index in [1.165, 1.54) is 5.56 Å². The number of aromatic amines is 1. The van der Waals surface area contributed by atoms with Crippen LogP contribution >= 0.6 is 0 Å². The van der Waals surface area contributed by atoms with Gasteiger partial charge in [0.2, 0.25) is 0 Å². The first-order valence-electron chi connectivity index (χ1n) is 9.24. The summed E-state index contributed by atoms with van der Waals surface area (Å²) in [6.07, 6.45) is 1.98. The predicted molar refractivity (Wildman–Crippen MR) is 104 cm³/mol. The number of aromatic nitrogens is 2. The highest BCUT2D eigenvalue weighted by Crippen LogP contribution is 2.30. The van der Waals surface area contributed by atoms with E-state index in [0.29, 0.717) is 6.04 Å². The number of H-pyrrole nitrogens is 1. The highest BCUT2D eigenvalue weighted by Gasteiger charge is 2.26. The van der Waals surface area contributed by atoms with Gasteiger partial charge in [-0.3, -0.25) is 9.47 Å². The number of likely N-dealkylation sites (tertiary alicyclic amines) is 1. The van der Waals surface area contributed by atoms with Gasteiger partial charge < -0.3 is 9.72 Å². The van der Waals surface area contributed by atoms with Crippen LogP contribution in [-0.4, -0.2) is 34.7 Å². The van der Waals surface area contributed by atoms with Crippen LogP contribution in [0.1, 0.15) is 37.4 Å². The summed E-state index contributed by atoms with van der Waals surface area (Å²) in [5.74, 6) is 0.887. The summed E-state index contributed by atoms with van der Waals surface area (Å²) in [4.78, 5) is 17.9. The summed E-state index contributed by atoms with van der Waals surface area (Å²) in [5.41, 5.74) is 3.24. The number of hydrogen-bond donors (Lipinski definition) is 1. The minimum absolute atomic E-state index is 0.00727. The van der Waals surface area contributed by atoms with Crippen LogP contribution in [0.3, 0.4) is 0 Å². The maximum atomic E-state index is 12.4. The number of para-hydroxylation sites is 2. The summed E-state index contributed by atoms with van der Waals surface area (Å²) in [7, 11) is 1.69. The molecule has 1 atom stereocenters. The Morgan fingerprint density at radius 3 is 2.46 bits per heavy atom. The molecule has 0 amide bonds. The molecule has 0 aliphatic carbocycles. The van der Waals surface area contributed by atoms with E-state index < -0.39 is 0 Å². The first kappa shape index (κ1) is 16.9. The van der Waals surface area contributed by atoms with Crippen LogP contribution in [-0.2, 0) is 0 Å². The summed E-state index contributed by atoms with van der Waals surface area (Å²) < 4.78 is 7.20. The lowest BCUT2D eigenvalue weighted by molar-refractivity contribution is 0.144. The smallest absolute Gasteiger partial charge is 0.326 e. The zero-order chi connectivity index (χ0) is 18.1. The van der Waals surface area contributed by atoms with Crippen molar-refractivity contribution in [1.82, 2.24) is 14.5 Å². The third kappa shape index (κ3) is 3.03. The molecule has 1 aliphatic heterocycles. The van der Waals surface area contributed by atoms with E-state index in [1.807, 2.05) is 41.0 Å². The molecule has 0 radical (unpaired) electrons. The third-order valence-electron chi connectivity index (χ3n) is 5.63. The van der Waals surface area contributed by atoms with Crippen molar-refractivity contribution in [3.63, 3.8) is 0 Å². The third-order valence-corrected chi connectivity index (χ3v) is 5.63. The molecule has 4 rings (SSSR count). The van der Waals surface area contributed by atoms with E-state index in [2.05, 4.69) is 28.9 Å². The molecule has 1 N–H and O–H groups in total. The number of nitrogens with zero attached hydrogens (tertiary/aromatic N) is 2. The van der Waals surface area contributed by atoms with Gasteiger partial charge in [0.1, 0.15) is 5.75 Å². The summed E-state index contributed by atoms with van der Waals surface area (Å²) in [5, 5.41) is 0. The number of fused-ring (bicyclic) bond motifs is 1. The van der Waals surface area contributed by atoms with Crippen LogP contribution in [0.25, 0.3) is 11.0 Å². The van der Waals surface area contributed by atoms with E-state index in [0.717, 1.165) is 42.7 Å². The average molecular weight is 351 g/mol. The van der Waals surface area contributed by atoms with Crippen LogP contribution < -0.4 is 10.4 Å². The number of nitrogens with one attached hydrogen (secondary N) is 1. The monoisotopic (exact) mass is 351 g/mol. The molecule has 0 bridgehead atoms. The van der Waals surface area contributed by atoms with Crippen molar-refractivity contribution in [3.05, 3.63) is 64.6 Å². The van der Waals surface area contributed by atoms with Crippen molar-refractivity contribution in [1.29, 1.82) is 0 Å². The van der Waals surface area contributed by atoms with Crippen molar-refractivity contribution < 1.29 is 4.74 Å². The lowest BCUT2D eigenvalue weighted by Gasteiger charge is -2.36. The fraction of sp³-hybridized carbons (Fsp3) is 0.381. The second kappa shape index (κ2) is 7.00. The van der Waals surface area contributed by atoms with Gasteiger partial charge in [0.25, 0.3) is 0 Å². The van der Waals surface area contributed by atoms with Crippen LogP contribution in [0, 0.1) is 0 Å². The molecule has 5 nitrogen and oxygen atoms in total. The average Bonchev–Trinajstić information content (AvgIpc) is 3.03. The molecule has 5 heteroatoms. The molecule has 1 saturated heterocycles. The number of benzene rings is 2. The van der Waals surface area contributed by atoms with E-state index in [-0.39, 0.29) is 11.7 Å². The molecule has 0 spiro atoms. The highest BCUT2D eigenvalue weighted by atomic mass is 16.5. The minimum Gasteiger partial charge on any atom is -0.497 e. The molecule has 1 aliphatic rings. The Morgan fingerprint density at radius 2 is 1.77 bits per heavy atom. The lowest BCUT2D eigenvalue weighted by atomic mass is 10.00. The second-order valence-electron chi connectivity index (χ2n) is 7.03. The van der Waals surface area contributed by atoms with Crippen LogP contribution in [0.4, 0.5) is 0 Å². The fourth-order valence-corrected chi connectivity index (χ4v) is 4.06. The molecular formula is C21H25N3O2. The van der Waals surface area contributed by atoms with E-state index in [9.17, 15) is 4.79 Å². The first-order valence-corrected chi connectivity index (χ1v) is 9.24. The number of imidazole rings is 1. The Balaban J connectivity index is 1.48. The van der Waals surface area contributed by atoms with Crippen LogP contribution in [0.2, 0.25) is 0 Å². The lowest BCUT2D eigenvalue weighted by Crippen LogP contribution is -2.38. The molecule has 0 saturated carbocycles. The van der Waals surface area contributed by atoms with Gasteiger partial charge in [0.05, 0.1) is 18.1 Å². The Labute approximate surface area is 153 Å². The van der Waals surface area contributed by atoms with Crippen molar-refractivity contribution in [2.24, 2.45) is 0 Å². The number of piperidine rings is 1. The van der Waals surface area contributed by atoms with E-state index in [4.69, 9.17) is 4.74 Å². The topological polar surface area (TPSA) is 50.3 Å². The standard InChI is InChI=1S/C21H25N3O2/c1-15(16-7-9-18(26-2)10-8-16)23-13-11-17(12-14-23)24-20-6-4-3-5-19(20)22-21(24)25/h3-10,15,17H,11-14H2,1-2H3,(H,22,25). The molecule has 1 aromatic heterocycles. The van der Waals surface area contributed by atoms with Crippen molar-refractivity contribution >= 4 is 11.0 Å². The Kier molecular flexibility index (Phi) is 4.55. The maximum absolute atomic E-state index is 12.4. The Bertz CT molecular complexity index is 934. The van der Waals surface area contributed by atoms with Gasteiger partial charge in [-0.25, -0.2) is 4.79 Å². The summed E-state index contributed by atoms with van der Waals surface area (Å²) in [6, 6.07) is 16.9.